The van der Waals surface area contributed by atoms with Gasteiger partial charge in [0, 0.05) is 24.0 Å². The summed E-state index contributed by atoms with van der Waals surface area (Å²) in [5, 5.41) is 34.9. The standard InChI is InChI=1S/C13H9N5O6/c19-12-9(5-10(17(21)22)6-11(12)18(23)24)7-15-16-13(20)8-1-3-14-4-2-8/h1-7,19H,(H,16,20). The number of nitro groups is 2. The lowest BCUT2D eigenvalue weighted by molar-refractivity contribution is -0.394. The zero-order chi connectivity index (χ0) is 17.7. The second kappa shape index (κ2) is 6.91. The summed E-state index contributed by atoms with van der Waals surface area (Å²) in [6.07, 6.45) is 3.66. The van der Waals surface area contributed by atoms with Crippen LogP contribution in [0.4, 0.5) is 11.4 Å². The second-order valence-electron chi connectivity index (χ2n) is 4.35. The molecule has 0 saturated carbocycles. The summed E-state index contributed by atoms with van der Waals surface area (Å²) < 4.78 is 0. The molecular weight excluding hydrogens is 322 g/mol. The number of hydrogen-bond donors (Lipinski definition) is 2. The molecule has 2 aromatic rings. The highest BCUT2D eigenvalue weighted by Gasteiger charge is 2.23. The van der Waals surface area contributed by atoms with Crippen LogP contribution in [0.1, 0.15) is 15.9 Å². The van der Waals surface area contributed by atoms with Gasteiger partial charge >= 0.3 is 5.69 Å². The Morgan fingerprint density at radius 3 is 2.46 bits per heavy atom. The van der Waals surface area contributed by atoms with Crippen LogP contribution in [0, 0.1) is 20.2 Å². The molecule has 0 spiro atoms. The number of nitro benzene ring substituents is 2. The van der Waals surface area contributed by atoms with Crippen molar-refractivity contribution in [3.05, 3.63) is 68.0 Å². The fourth-order valence-corrected chi connectivity index (χ4v) is 1.70. The minimum absolute atomic E-state index is 0.261. The molecule has 122 valence electrons. The van der Waals surface area contributed by atoms with Crippen molar-refractivity contribution in [1.82, 2.24) is 10.4 Å². The number of pyridine rings is 1. The number of phenolic OH excluding ortho intramolecular Hbond substituents is 1. The van der Waals surface area contributed by atoms with Gasteiger partial charge in [-0.25, -0.2) is 5.43 Å². The number of phenols is 1. The molecule has 1 amide bonds. The maximum atomic E-state index is 11.7. The van der Waals surface area contributed by atoms with Gasteiger partial charge in [0.25, 0.3) is 11.6 Å². The third kappa shape index (κ3) is 3.65. The number of aromatic hydroxyl groups is 1. The average Bonchev–Trinajstić information content (AvgIpc) is 2.56. The molecule has 0 aliphatic heterocycles. The maximum Gasteiger partial charge on any atom is 0.318 e. The van der Waals surface area contributed by atoms with E-state index in [1.807, 2.05) is 0 Å². The Morgan fingerprint density at radius 1 is 1.21 bits per heavy atom. The van der Waals surface area contributed by atoms with Gasteiger partial charge in [0.1, 0.15) is 0 Å². The quantitative estimate of drug-likeness (QED) is 0.475. The number of nitrogens with zero attached hydrogens (tertiary/aromatic N) is 4. The topological polar surface area (TPSA) is 161 Å². The van der Waals surface area contributed by atoms with Crippen molar-refractivity contribution in [3.8, 4) is 5.75 Å². The number of aromatic nitrogens is 1. The zero-order valence-corrected chi connectivity index (χ0v) is 11.8. The van der Waals surface area contributed by atoms with Crippen LogP contribution in [0.25, 0.3) is 0 Å². The van der Waals surface area contributed by atoms with Crippen LogP contribution in [0.5, 0.6) is 5.75 Å². The van der Waals surface area contributed by atoms with E-state index in [2.05, 4.69) is 15.5 Å². The fraction of sp³-hybridized carbons (Fsp3) is 0. The smallest absolute Gasteiger partial charge is 0.318 e. The predicted molar refractivity (Wildman–Crippen MR) is 80.7 cm³/mol. The Hall–Kier alpha value is -3.89. The molecule has 11 nitrogen and oxygen atoms in total. The third-order valence-electron chi connectivity index (χ3n) is 2.82. The van der Waals surface area contributed by atoms with Gasteiger partial charge in [-0.15, -0.1) is 0 Å². The van der Waals surface area contributed by atoms with Crippen LogP contribution < -0.4 is 5.43 Å². The number of rotatable bonds is 5. The molecule has 0 bridgehead atoms. The van der Waals surface area contributed by atoms with E-state index in [0.717, 1.165) is 12.3 Å². The Bertz CT molecular complexity index is 836. The van der Waals surface area contributed by atoms with Crippen molar-refractivity contribution in [2.45, 2.75) is 0 Å². The van der Waals surface area contributed by atoms with Crippen molar-refractivity contribution in [1.29, 1.82) is 0 Å². The molecule has 1 heterocycles. The van der Waals surface area contributed by atoms with Crippen LogP contribution in [0.3, 0.4) is 0 Å². The van der Waals surface area contributed by atoms with Crippen molar-refractivity contribution in [2.24, 2.45) is 5.10 Å². The maximum absolute atomic E-state index is 11.7. The van der Waals surface area contributed by atoms with E-state index in [9.17, 15) is 30.1 Å². The first-order valence-electron chi connectivity index (χ1n) is 6.29. The lowest BCUT2D eigenvalue weighted by atomic mass is 10.1. The van der Waals surface area contributed by atoms with Gasteiger partial charge < -0.3 is 5.11 Å². The number of non-ortho nitro benzene ring substituents is 1. The van der Waals surface area contributed by atoms with E-state index in [4.69, 9.17) is 0 Å². The number of carbonyl (C=O) groups excluding carboxylic acids is 1. The lowest BCUT2D eigenvalue weighted by Crippen LogP contribution is -2.17. The summed E-state index contributed by atoms with van der Waals surface area (Å²) in [5.41, 5.74) is 0.661. The van der Waals surface area contributed by atoms with E-state index in [1.165, 1.54) is 24.5 Å². The predicted octanol–water partition coefficient (Wildman–Crippen LogP) is 1.37. The summed E-state index contributed by atoms with van der Waals surface area (Å²) in [7, 11) is 0. The first-order chi connectivity index (χ1) is 11.4. The lowest BCUT2D eigenvalue weighted by Gasteiger charge is -2.02. The van der Waals surface area contributed by atoms with Gasteiger partial charge in [-0.3, -0.25) is 30.0 Å². The summed E-state index contributed by atoms with van der Waals surface area (Å²) in [6, 6.07) is 4.38. The van der Waals surface area contributed by atoms with Gasteiger partial charge in [0.15, 0.2) is 0 Å². The molecule has 24 heavy (non-hydrogen) atoms. The molecule has 0 saturated heterocycles. The van der Waals surface area contributed by atoms with Crippen molar-refractivity contribution in [2.75, 3.05) is 0 Å². The molecule has 1 aromatic carbocycles. The number of nitrogens with one attached hydrogen (secondary N) is 1. The average molecular weight is 331 g/mol. The van der Waals surface area contributed by atoms with Crippen molar-refractivity contribution >= 4 is 23.5 Å². The molecule has 2 N–H and O–H groups in total. The normalized spacial score (nSPS) is 10.5. The molecule has 0 atom stereocenters. The fourth-order valence-electron chi connectivity index (χ4n) is 1.70. The largest absolute Gasteiger partial charge is 0.502 e. The number of benzene rings is 1. The molecule has 2 rings (SSSR count). The molecule has 11 heteroatoms. The number of hydrazone groups is 1. The van der Waals surface area contributed by atoms with Gasteiger partial charge in [-0.2, -0.15) is 5.10 Å². The number of amides is 1. The van der Waals surface area contributed by atoms with E-state index < -0.39 is 32.9 Å². The summed E-state index contributed by atoms with van der Waals surface area (Å²) >= 11 is 0. The Morgan fingerprint density at radius 2 is 1.88 bits per heavy atom. The molecular formula is C13H9N5O6. The molecule has 1 aromatic heterocycles. The van der Waals surface area contributed by atoms with E-state index >= 15 is 0 Å². The molecule has 0 aliphatic carbocycles. The van der Waals surface area contributed by atoms with Gasteiger partial charge in [-0.05, 0) is 12.1 Å². The number of carbonyl (C=O) groups is 1. The minimum Gasteiger partial charge on any atom is -0.502 e. The molecule has 0 radical (unpaired) electrons. The Labute approximate surface area is 133 Å². The van der Waals surface area contributed by atoms with Crippen LogP contribution in [-0.4, -0.2) is 32.1 Å². The van der Waals surface area contributed by atoms with Crippen molar-refractivity contribution in [3.63, 3.8) is 0 Å². The summed E-state index contributed by atoms with van der Waals surface area (Å²) in [6.45, 7) is 0. The highest BCUT2D eigenvalue weighted by Crippen LogP contribution is 2.33. The number of hydrogen-bond acceptors (Lipinski definition) is 8. The first-order valence-corrected chi connectivity index (χ1v) is 6.29. The highest BCUT2D eigenvalue weighted by molar-refractivity contribution is 5.95. The van der Waals surface area contributed by atoms with E-state index in [-0.39, 0.29) is 11.1 Å². The van der Waals surface area contributed by atoms with E-state index in [0.29, 0.717) is 6.07 Å². The highest BCUT2D eigenvalue weighted by atomic mass is 16.6. The summed E-state index contributed by atoms with van der Waals surface area (Å²) in [4.78, 5) is 35.3. The van der Waals surface area contributed by atoms with Crippen LogP contribution in [-0.2, 0) is 0 Å². The van der Waals surface area contributed by atoms with Gasteiger partial charge in [-0.1, -0.05) is 0 Å². The molecule has 0 fully saturated rings. The van der Waals surface area contributed by atoms with Gasteiger partial charge in [0.05, 0.1) is 27.7 Å². The van der Waals surface area contributed by atoms with Crippen LogP contribution in [0.2, 0.25) is 0 Å². The van der Waals surface area contributed by atoms with Crippen LogP contribution >= 0.6 is 0 Å². The minimum atomic E-state index is -0.963. The molecule has 0 aliphatic rings. The third-order valence-corrected chi connectivity index (χ3v) is 2.82. The van der Waals surface area contributed by atoms with Crippen molar-refractivity contribution < 1.29 is 19.7 Å². The first kappa shape index (κ1) is 16.5. The monoisotopic (exact) mass is 331 g/mol. The Balaban J connectivity index is 2.27. The zero-order valence-electron chi connectivity index (χ0n) is 11.8. The SMILES string of the molecule is O=C(NN=Cc1cc([N+](=O)[O-])cc([N+](=O)[O-])c1O)c1ccncc1. The van der Waals surface area contributed by atoms with Gasteiger partial charge in [0.2, 0.25) is 5.75 Å². The summed E-state index contributed by atoms with van der Waals surface area (Å²) in [5.74, 6) is -1.39. The molecule has 0 unspecified atom stereocenters. The second-order valence-corrected chi connectivity index (χ2v) is 4.35. The van der Waals surface area contributed by atoms with Crippen LogP contribution in [0.15, 0.2) is 41.8 Å². The van der Waals surface area contributed by atoms with E-state index in [1.54, 1.807) is 0 Å². The Kier molecular flexibility index (Phi) is 4.75.